The van der Waals surface area contributed by atoms with E-state index in [0.29, 0.717) is 19.4 Å². The first-order chi connectivity index (χ1) is 19.2. The molecule has 0 aliphatic carbocycles. The van der Waals surface area contributed by atoms with E-state index in [-0.39, 0.29) is 5.97 Å². The molecule has 1 aromatic carbocycles. The number of esters is 1. The highest BCUT2D eigenvalue weighted by Crippen LogP contribution is 2.23. The van der Waals surface area contributed by atoms with Crippen molar-refractivity contribution >= 4 is 12.3 Å². The maximum atomic E-state index is 12.3. The van der Waals surface area contributed by atoms with Crippen molar-refractivity contribution in [2.75, 3.05) is 19.7 Å². The summed E-state index contributed by atoms with van der Waals surface area (Å²) in [5.74, 6) is 0.787. The van der Waals surface area contributed by atoms with Crippen LogP contribution in [-0.2, 0) is 20.9 Å². The zero-order chi connectivity index (χ0) is 28.2. The van der Waals surface area contributed by atoms with Crippen LogP contribution in [0.15, 0.2) is 30.3 Å². The predicted molar refractivity (Wildman–Crippen MR) is 166 cm³/mol. The second-order valence-corrected chi connectivity index (χ2v) is 11.5. The maximum Gasteiger partial charge on any atom is 0.305 e. The third kappa shape index (κ3) is 21.8. The molecule has 4 nitrogen and oxygen atoms in total. The molecule has 0 saturated heterocycles. The fourth-order valence-corrected chi connectivity index (χ4v) is 5.42. The summed E-state index contributed by atoms with van der Waals surface area (Å²) < 4.78 is 5.60. The fraction of sp³-hybridized carbons (Fsp3) is 0.771. The smallest absolute Gasteiger partial charge is 0.305 e. The monoisotopic (exact) mass is 543 g/mol. The van der Waals surface area contributed by atoms with Gasteiger partial charge in [0.1, 0.15) is 6.29 Å². The zero-order valence-corrected chi connectivity index (χ0v) is 25.7. The van der Waals surface area contributed by atoms with Gasteiger partial charge in [0.05, 0.1) is 6.61 Å². The summed E-state index contributed by atoms with van der Waals surface area (Å²) in [6, 6.07) is 10.6. The molecule has 0 spiro atoms. The van der Waals surface area contributed by atoms with Gasteiger partial charge >= 0.3 is 5.97 Å². The molecule has 0 aliphatic heterocycles. The summed E-state index contributed by atoms with van der Waals surface area (Å²) in [4.78, 5) is 25.4. The zero-order valence-electron chi connectivity index (χ0n) is 25.7. The Balaban J connectivity index is 2.22. The number of benzene rings is 1. The second kappa shape index (κ2) is 26.5. The molecule has 39 heavy (non-hydrogen) atoms. The van der Waals surface area contributed by atoms with Gasteiger partial charge in [-0.1, -0.05) is 121 Å². The van der Waals surface area contributed by atoms with Crippen molar-refractivity contribution in [3.63, 3.8) is 0 Å². The van der Waals surface area contributed by atoms with Gasteiger partial charge in [0.2, 0.25) is 0 Å². The van der Waals surface area contributed by atoms with Crippen LogP contribution in [-0.4, -0.2) is 36.9 Å². The number of aldehydes is 1. The van der Waals surface area contributed by atoms with E-state index in [1.54, 1.807) is 0 Å². The molecule has 1 aromatic rings. The van der Waals surface area contributed by atoms with Gasteiger partial charge < -0.3 is 9.53 Å². The van der Waals surface area contributed by atoms with E-state index in [1.807, 2.05) is 0 Å². The Kier molecular flexibility index (Phi) is 24.1. The first-order valence-corrected chi connectivity index (χ1v) is 16.5. The van der Waals surface area contributed by atoms with E-state index >= 15 is 0 Å². The van der Waals surface area contributed by atoms with Crippen LogP contribution in [0.2, 0.25) is 0 Å². The Hall–Kier alpha value is -1.68. The molecule has 0 saturated carbocycles. The fourth-order valence-electron chi connectivity index (χ4n) is 5.42. The molecule has 0 atom stereocenters. The summed E-state index contributed by atoms with van der Waals surface area (Å²) in [5, 5.41) is 0. The molecule has 0 unspecified atom stereocenters. The van der Waals surface area contributed by atoms with E-state index in [4.69, 9.17) is 4.74 Å². The molecule has 0 aliphatic rings. The van der Waals surface area contributed by atoms with Crippen LogP contribution in [0.4, 0.5) is 0 Å². The summed E-state index contributed by atoms with van der Waals surface area (Å²) >= 11 is 0. The number of nitrogens with zero attached hydrogens (tertiary/aromatic N) is 1. The van der Waals surface area contributed by atoms with E-state index in [9.17, 15) is 9.59 Å². The van der Waals surface area contributed by atoms with Gasteiger partial charge in [0, 0.05) is 19.4 Å². The maximum absolute atomic E-state index is 12.3. The highest BCUT2D eigenvalue weighted by Gasteiger charge is 2.10. The van der Waals surface area contributed by atoms with Crippen molar-refractivity contribution in [1.29, 1.82) is 0 Å². The Morgan fingerprint density at radius 1 is 0.744 bits per heavy atom. The van der Waals surface area contributed by atoms with E-state index in [1.165, 1.54) is 76.2 Å². The van der Waals surface area contributed by atoms with Crippen molar-refractivity contribution in [1.82, 2.24) is 4.90 Å². The van der Waals surface area contributed by atoms with Crippen molar-refractivity contribution in [3.05, 3.63) is 35.9 Å². The summed E-state index contributed by atoms with van der Waals surface area (Å²) in [6.07, 6.45) is 24.2. The summed E-state index contributed by atoms with van der Waals surface area (Å²) in [5.41, 5.74) is 1.35. The van der Waals surface area contributed by atoms with Crippen LogP contribution in [0.1, 0.15) is 148 Å². The van der Waals surface area contributed by atoms with Crippen molar-refractivity contribution in [2.24, 2.45) is 5.92 Å². The van der Waals surface area contributed by atoms with Crippen molar-refractivity contribution < 1.29 is 14.3 Å². The lowest BCUT2D eigenvalue weighted by molar-refractivity contribution is -0.144. The summed E-state index contributed by atoms with van der Waals surface area (Å²) in [7, 11) is 0. The second-order valence-electron chi connectivity index (χ2n) is 11.5. The molecule has 0 aromatic heterocycles. The lowest BCUT2D eigenvalue weighted by Gasteiger charge is -2.22. The third-order valence-corrected chi connectivity index (χ3v) is 7.85. The molecular formula is C35H61NO3. The number of carbonyl (C=O) groups excluding carboxylic acids is 2. The van der Waals surface area contributed by atoms with Crippen molar-refractivity contribution in [3.8, 4) is 0 Å². The standard InChI is InChI=1S/C35H61NO3/c1-3-5-7-13-22-33(23-14-8-6-4-2)26-21-31-39-35(38)27-17-12-19-29-36(28-18-9-10-20-30-37)32-34-24-15-11-16-25-34/h11,15-16,24-25,30,33H,3-10,12-14,17-23,26-29,31-32H2,1-2H3. The normalized spacial score (nSPS) is 11.4. The lowest BCUT2D eigenvalue weighted by Crippen LogP contribution is -2.25. The molecule has 1 rings (SSSR count). The molecule has 0 radical (unpaired) electrons. The predicted octanol–water partition coefficient (Wildman–Crippen LogP) is 9.69. The Morgan fingerprint density at radius 2 is 1.33 bits per heavy atom. The third-order valence-electron chi connectivity index (χ3n) is 7.85. The summed E-state index contributed by atoms with van der Waals surface area (Å²) in [6.45, 7) is 8.23. The highest BCUT2D eigenvalue weighted by molar-refractivity contribution is 5.69. The van der Waals surface area contributed by atoms with Gasteiger partial charge in [-0.25, -0.2) is 0 Å². The molecule has 4 heteroatoms. The average Bonchev–Trinajstić information content (AvgIpc) is 2.95. The number of carbonyl (C=O) groups is 2. The Labute approximate surface area is 241 Å². The molecular weight excluding hydrogens is 482 g/mol. The quantitative estimate of drug-likeness (QED) is 0.0599. The van der Waals surface area contributed by atoms with Gasteiger partial charge in [-0.05, 0) is 63.1 Å². The van der Waals surface area contributed by atoms with Crippen LogP contribution in [0.3, 0.4) is 0 Å². The minimum absolute atomic E-state index is 0.0197. The van der Waals surface area contributed by atoms with E-state index in [0.717, 1.165) is 76.8 Å². The van der Waals surface area contributed by atoms with Crippen molar-refractivity contribution in [2.45, 2.75) is 149 Å². The molecule has 224 valence electrons. The van der Waals surface area contributed by atoms with Crippen LogP contribution >= 0.6 is 0 Å². The van der Waals surface area contributed by atoms with Crippen LogP contribution in [0.5, 0.6) is 0 Å². The van der Waals surface area contributed by atoms with Gasteiger partial charge in [-0.2, -0.15) is 0 Å². The number of hydrogen-bond acceptors (Lipinski definition) is 4. The Morgan fingerprint density at radius 3 is 1.95 bits per heavy atom. The highest BCUT2D eigenvalue weighted by atomic mass is 16.5. The van der Waals surface area contributed by atoms with E-state index < -0.39 is 0 Å². The largest absolute Gasteiger partial charge is 0.466 e. The first kappa shape index (κ1) is 35.3. The molecule has 0 heterocycles. The van der Waals surface area contributed by atoms with Gasteiger partial charge in [-0.15, -0.1) is 0 Å². The molecule has 0 fully saturated rings. The number of hydrogen-bond donors (Lipinski definition) is 0. The van der Waals surface area contributed by atoms with Crippen LogP contribution in [0.25, 0.3) is 0 Å². The molecule has 0 N–H and O–H groups in total. The SMILES string of the molecule is CCCCCCC(CCCCCC)CCCOC(=O)CCCCCN(CCCCCC=O)Cc1ccccc1. The topological polar surface area (TPSA) is 46.6 Å². The molecule has 0 amide bonds. The number of unbranched alkanes of at least 4 members (excludes halogenated alkanes) is 11. The van der Waals surface area contributed by atoms with E-state index in [2.05, 4.69) is 49.1 Å². The first-order valence-electron chi connectivity index (χ1n) is 16.5. The number of ether oxygens (including phenoxy) is 1. The van der Waals surface area contributed by atoms with Crippen LogP contribution < -0.4 is 0 Å². The van der Waals surface area contributed by atoms with Crippen LogP contribution in [0, 0.1) is 5.92 Å². The minimum atomic E-state index is -0.0197. The average molecular weight is 544 g/mol. The Bertz CT molecular complexity index is 666. The lowest BCUT2D eigenvalue weighted by atomic mass is 9.91. The number of rotatable bonds is 28. The van der Waals surface area contributed by atoms with Gasteiger partial charge in [-0.3, -0.25) is 9.69 Å². The molecule has 0 bridgehead atoms. The van der Waals surface area contributed by atoms with Gasteiger partial charge in [0.15, 0.2) is 0 Å². The minimum Gasteiger partial charge on any atom is -0.466 e. The van der Waals surface area contributed by atoms with Gasteiger partial charge in [0.25, 0.3) is 0 Å².